The van der Waals surface area contributed by atoms with Gasteiger partial charge >= 0.3 is 11.9 Å². The first-order chi connectivity index (χ1) is 8.58. The van der Waals surface area contributed by atoms with Gasteiger partial charge in [-0.05, 0) is 17.7 Å². The number of rotatable bonds is 4. The zero-order valence-electron chi connectivity index (χ0n) is 9.15. The fraction of sp³-hybridized carbons (Fsp3) is 0.0909. The van der Waals surface area contributed by atoms with Gasteiger partial charge in [0.1, 0.15) is 0 Å². The Bertz CT molecular complexity index is 589. The van der Waals surface area contributed by atoms with Crippen LogP contribution in [-0.2, 0) is 6.54 Å². The van der Waals surface area contributed by atoms with Gasteiger partial charge in [0.2, 0.25) is 0 Å². The third-order valence-electron chi connectivity index (χ3n) is 2.37. The smallest absolute Gasteiger partial charge is 0.355 e. The van der Waals surface area contributed by atoms with Crippen molar-refractivity contribution in [2.24, 2.45) is 0 Å². The largest absolute Gasteiger partial charge is 0.478 e. The monoisotopic (exact) mass is 247 g/mol. The van der Waals surface area contributed by atoms with Gasteiger partial charge in [-0.2, -0.15) is 0 Å². The van der Waals surface area contributed by atoms with Crippen molar-refractivity contribution in [3.63, 3.8) is 0 Å². The molecule has 0 unspecified atom stereocenters. The van der Waals surface area contributed by atoms with Gasteiger partial charge in [-0.1, -0.05) is 17.3 Å². The molecule has 1 aromatic carbocycles. The Kier molecular flexibility index (Phi) is 3.05. The van der Waals surface area contributed by atoms with Crippen molar-refractivity contribution < 1.29 is 19.8 Å². The van der Waals surface area contributed by atoms with E-state index in [2.05, 4.69) is 10.3 Å². The van der Waals surface area contributed by atoms with Gasteiger partial charge in [-0.15, -0.1) is 5.10 Å². The third kappa shape index (κ3) is 2.34. The fourth-order valence-corrected chi connectivity index (χ4v) is 1.47. The molecule has 0 fully saturated rings. The number of aromatic nitrogens is 3. The van der Waals surface area contributed by atoms with Crippen molar-refractivity contribution >= 4 is 11.9 Å². The molecule has 0 aliphatic heterocycles. The average Bonchev–Trinajstić information content (AvgIpc) is 2.78. The van der Waals surface area contributed by atoms with Crippen molar-refractivity contribution in [2.75, 3.05) is 0 Å². The van der Waals surface area contributed by atoms with Gasteiger partial charge < -0.3 is 10.2 Å². The first-order valence-electron chi connectivity index (χ1n) is 5.02. The Morgan fingerprint density at radius 1 is 1.11 bits per heavy atom. The van der Waals surface area contributed by atoms with Gasteiger partial charge in [-0.25, -0.2) is 14.3 Å². The lowest BCUT2D eigenvalue weighted by Gasteiger charge is -2.03. The summed E-state index contributed by atoms with van der Waals surface area (Å²) in [6.07, 6.45) is 1.16. The summed E-state index contributed by atoms with van der Waals surface area (Å²) in [7, 11) is 0. The van der Waals surface area contributed by atoms with Crippen molar-refractivity contribution in [2.45, 2.75) is 6.54 Å². The lowest BCUT2D eigenvalue weighted by molar-refractivity contribution is 0.0678. The third-order valence-corrected chi connectivity index (χ3v) is 2.37. The van der Waals surface area contributed by atoms with E-state index in [-0.39, 0.29) is 17.8 Å². The Balaban J connectivity index is 2.21. The van der Waals surface area contributed by atoms with Crippen LogP contribution >= 0.6 is 0 Å². The number of hydrogen-bond donors (Lipinski definition) is 2. The molecule has 0 aliphatic carbocycles. The van der Waals surface area contributed by atoms with Gasteiger partial charge in [0.05, 0.1) is 18.3 Å². The molecule has 0 amide bonds. The highest BCUT2D eigenvalue weighted by atomic mass is 16.4. The first-order valence-corrected chi connectivity index (χ1v) is 5.02. The minimum atomic E-state index is -1.11. The number of carboxylic acids is 2. The topological polar surface area (TPSA) is 105 Å². The van der Waals surface area contributed by atoms with E-state index in [1.807, 2.05) is 0 Å². The molecule has 0 saturated carbocycles. The van der Waals surface area contributed by atoms with E-state index in [1.165, 1.54) is 16.8 Å². The molecule has 0 aliphatic rings. The summed E-state index contributed by atoms with van der Waals surface area (Å²) in [6, 6.07) is 6.12. The van der Waals surface area contributed by atoms with Gasteiger partial charge in [0, 0.05) is 0 Å². The maximum Gasteiger partial charge on any atom is 0.355 e. The van der Waals surface area contributed by atoms with Crippen LogP contribution < -0.4 is 0 Å². The fourth-order valence-electron chi connectivity index (χ4n) is 1.47. The molecular weight excluding hydrogens is 238 g/mol. The molecule has 0 atom stereocenters. The molecule has 92 valence electrons. The Labute approximate surface area is 101 Å². The van der Waals surface area contributed by atoms with Crippen LogP contribution in [0.2, 0.25) is 0 Å². The van der Waals surface area contributed by atoms with Crippen LogP contribution in [0.3, 0.4) is 0 Å². The molecule has 0 saturated heterocycles. The maximum absolute atomic E-state index is 10.8. The second-order valence-electron chi connectivity index (χ2n) is 3.58. The molecule has 1 heterocycles. The quantitative estimate of drug-likeness (QED) is 0.824. The van der Waals surface area contributed by atoms with Crippen molar-refractivity contribution in [1.82, 2.24) is 15.0 Å². The number of aromatic carboxylic acids is 2. The van der Waals surface area contributed by atoms with Crippen molar-refractivity contribution in [1.29, 1.82) is 0 Å². The second-order valence-corrected chi connectivity index (χ2v) is 3.58. The minimum absolute atomic E-state index is 0.0164. The highest BCUT2D eigenvalue weighted by Gasteiger charge is 2.11. The van der Waals surface area contributed by atoms with Gasteiger partial charge in [-0.3, -0.25) is 0 Å². The zero-order valence-corrected chi connectivity index (χ0v) is 9.15. The predicted molar refractivity (Wildman–Crippen MR) is 59.5 cm³/mol. The summed E-state index contributed by atoms with van der Waals surface area (Å²) in [6.45, 7) is 0.224. The minimum Gasteiger partial charge on any atom is -0.478 e. The molecule has 2 N–H and O–H groups in total. The summed E-state index contributed by atoms with van der Waals surface area (Å²) in [4.78, 5) is 21.5. The van der Waals surface area contributed by atoms with Crippen LogP contribution in [0.4, 0.5) is 0 Å². The summed E-state index contributed by atoms with van der Waals surface area (Å²) in [5, 5.41) is 24.8. The molecule has 7 heteroatoms. The highest BCUT2D eigenvalue weighted by molar-refractivity contribution is 5.87. The van der Waals surface area contributed by atoms with E-state index in [0.29, 0.717) is 0 Å². The molecule has 7 nitrogen and oxygen atoms in total. The van der Waals surface area contributed by atoms with Crippen LogP contribution in [0, 0.1) is 0 Å². The second kappa shape index (κ2) is 4.66. The lowest BCUT2D eigenvalue weighted by atomic mass is 10.1. The summed E-state index contributed by atoms with van der Waals surface area (Å²) >= 11 is 0. The van der Waals surface area contributed by atoms with Gasteiger partial charge in [0.15, 0.2) is 5.69 Å². The van der Waals surface area contributed by atoms with Crippen LogP contribution in [0.5, 0.6) is 0 Å². The Morgan fingerprint density at radius 2 is 1.78 bits per heavy atom. The standard InChI is InChI=1S/C11H9N3O4/c15-10(16)8-3-1-7(2-4-8)6-14-9(11(17)18)5-12-13-14/h1-5H,6H2,(H,15,16)(H,17,18). The highest BCUT2D eigenvalue weighted by Crippen LogP contribution is 2.07. The van der Waals surface area contributed by atoms with Crippen LogP contribution in [0.25, 0.3) is 0 Å². The van der Waals surface area contributed by atoms with Crippen molar-refractivity contribution in [3.8, 4) is 0 Å². The van der Waals surface area contributed by atoms with Crippen LogP contribution in [0.1, 0.15) is 26.4 Å². The summed E-state index contributed by atoms with van der Waals surface area (Å²) in [5.41, 5.74) is 0.904. The molecule has 0 bridgehead atoms. The summed E-state index contributed by atoms with van der Waals surface area (Å²) in [5.74, 6) is -2.12. The SMILES string of the molecule is O=C(O)c1ccc(Cn2nncc2C(=O)O)cc1. The summed E-state index contributed by atoms with van der Waals surface area (Å²) < 4.78 is 1.23. The molecular formula is C11H9N3O4. The Hall–Kier alpha value is -2.70. The molecule has 0 radical (unpaired) electrons. The maximum atomic E-state index is 10.8. The normalized spacial score (nSPS) is 10.2. The first kappa shape index (κ1) is 11.8. The molecule has 1 aromatic heterocycles. The number of carbonyl (C=O) groups is 2. The van der Waals surface area contributed by atoms with Crippen LogP contribution in [-0.4, -0.2) is 37.1 Å². The average molecular weight is 247 g/mol. The van der Waals surface area contributed by atoms with E-state index in [1.54, 1.807) is 12.1 Å². The van der Waals surface area contributed by atoms with E-state index >= 15 is 0 Å². The van der Waals surface area contributed by atoms with Gasteiger partial charge in [0.25, 0.3) is 0 Å². The molecule has 0 spiro atoms. The molecule has 18 heavy (non-hydrogen) atoms. The Morgan fingerprint density at radius 3 is 2.33 bits per heavy atom. The number of hydrogen-bond acceptors (Lipinski definition) is 4. The number of carboxylic acid groups (broad SMARTS) is 2. The molecule has 2 aromatic rings. The van der Waals surface area contributed by atoms with E-state index in [0.717, 1.165) is 11.8 Å². The van der Waals surface area contributed by atoms with Crippen LogP contribution in [0.15, 0.2) is 30.5 Å². The van der Waals surface area contributed by atoms with E-state index in [9.17, 15) is 9.59 Å². The van der Waals surface area contributed by atoms with E-state index < -0.39 is 11.9 Å². The predicted octanol–water partition coefficient (Wildman–Crippen LogP) is 0.723. The lowest BCUT2D eigenvalue weighted by Crippen LogP contribution is -2.11. The van der Waals surface area contributed by atoms with E-state index in [4.69, 9.17) is 10.2 Å². The number of benzene rings is 1. The van der Waals surface area contributed by atoms with Crippen molar-refractivity contribution in [3.05, 3.63) is 47.3 Å². The molecule has 2 rings (SSSR count). The number of nitrogens with zero attached hydrogens (tertiary/aromatic N) is 3. The zero-order chi connectivity index (χ0) is 13.1.